The third kappa shape index (κ3) is 1.15. The van der Waals surface area contributed by atoms with E-state index in [9.17, 15) is 0 Å². The van der Waals surface area contributed by atoms with E-state index in [0.29, 0.717) is 6.04 Å². The Morgan fingerprint density at radius 3 is 3.07 bits per heavy atom. The maximum atomic E-state index is 3.54. The molecule has 2 nitrogen and oxygen atoms in total. The van der Waals surface area contributed by atoms with Crippen molar-refractivity contribution in [1.82, 2.24) is 10.3 Å². The van der Waals surface area contributed by atoms with Crippen LogP contribution in [0, 0.1) is 0 Å². The van der Waals surface area contributed by atoms with E-state index < -0.39 is 0 Å². The molecule has 0 spiro atoms. The van der Waals surface area contributed by atoms with Crippen LogP contribution in [0.25, 0.3) is 10.9 Å². The Bertz CT molecular complexity index is 438. The number of rotatable bonds is 1. The summed E-state index contributed by atoms with van der Waals surface area (Å²) in [6.07, 6.45) is 4.58. The zero-order valence-corrected chi connectivity index (χ0v) is 8.09. The summed E-state index contributed by atoms with van der Waals surface area (Å²) in [6.45, 7) is 1.16. The first-order valence-corrected chi connectivity index (χ1v) is 5.24. The molecule has 2 heteroatoms. The maximum absolute atomic E-state index is 3.54. The molecule has 1 saturated heterocycles. The van der Waals surface area contributed by atoms with Gasteiger partial charge in [-0.1, -0.05) is 12.1 Å². The zero-order chi connectivity index (χ0) is 9.38. The van der Waals surface area contributed by atoms with Crippen molar-refractivity contribution in [1.29, 1.82) is 0 Å². The normalized spacial score (nSPS) is 21.9. The van der Waals surface area contributed by atoms with Crippen molar-refractivity contribution in [3.63, 3.8) is 0 Å². The Hall–Kier alpha value is -1.28. The molecule has 0 unspecified atom stereocenters. The standard InChI is InChI=1S/C12H14N2/c1-3-9(12-5-2-7-13-12)10-6-8-14-11(10)4-1/h1,3-4,6,8,12-14H,2,5,7H2/t12-/m0/s1. The number of benzene rings is 1. The molecule has 0 aliphatic carbocycles. The SMILES string of the molecule is c1cc([C@@H]2CCCN2)c2cc[nH]c2c1. The third-order valence-electron chi connectivity index (χ3n) is 3.06. The minimum atomic E-state index is 0.564. The van der Waals surface area contributed by atoms with E-state index in [4.69, 9.17) is 0 Å². The van der Waals surface area contributed by atoms with E-state index in [-0.39, 0.29) is 0 Å². The molecule has 1 fully saturated rings. The van der Waals surface area contributed by atoms with Gasteiger partial charge >= 0.3 is 0 Å². The fourth-order valence-corrected chi connectivity index (χ4v) is 2.36. The molecule has 1 aliphatic rings. The fraction of sp³-hybridized carbons (Fsp3) is 0.333. The highest BCUT2D eigenvalue weighted by molar-refractivity contribution is 5.83. The van der Waals surface area contributed by atoms with Gasteiger partial charge in [0, 0.05) is 23.1 Å². The van der Waals surface area contributed by atoms with Gasteiger partial charge in [0.2, 0.25) is 0 Å². The third-order valence-corrected chi connectivity index (χ3v) is 3.06. The highest BCUT2D eigenvalue weighted by Gasteiger charge is 2.17. The van der Waals surface area contributed by atoms with Gasteiger partial charge in [-0.25, -0.2) is 0 Å². The topological polar surface area (TPSA) is 27.8 Å². The van der Waals surface area contributed by atoms with Gasteiger partial charge in [0.05, 0.1) is 0 Å². The molecule has 2 N–H and O–H groups in total. The lowest BCUT2D eigenvalue weighted by Crippen LogP contribution is -2.12. The van der Waals surface area contributed by atoms with Gasteiger partial charge in [0.25, 0.3) is 0 Å². The van der Waals surface area contributed by atoms with Crippen LogP contribution in [-0.4, -0.2) is 11.5 Å². The van der Waals surface area contributed by atoms with Crippen LogP contribution in [0.5, 0.6) is 0 Å². The molecule has 0 radical (unpaired) electrons. The molecule has 0 saturated carbocycles. The number of hydrogen-bond acceptors (Lipinski definition) is 1. The summed E-state index contributed by atoms with van der Waals surface area (Å²) in [6, 6.07) is 9.24. The van der Waals surface area contributed by atoms with Crippen molar-refractivity contribution in [2.75, 3.05) is 6.54 Å². The Morgan fingerprint density at radius 1 is 1.21 bits per heavy atom. The van der Waals surface area contributed by atoms with E-state index in [1.807, 2.05) is 6.20 Å². The average molecular weight is 186 g/mol. The summed E-state index contributed by atoms with van der Waals surface area (Å²) >= 11 is 0. The van der Waals surface area contributed by atoms with Crippen LogP contribution >= 0.6 is 0 Å². The van der Waals surface area contributed by atoms with Gasteiger partial charge in [-0.05, 0) is 37.1 Å². The lowest BCUT2D eigenvalue weighted by molar-refractivity contribution is 0.653. The molecule has 0 amide bonds. The average Bonchev–Trinajstić information content (AvgIpc) is 2.88. The molecule has 72 valence electrons. The minimum absolute atomic E-state index is 0.564. The first-order chi connectivity index (χ1) is 6.95. The second kappa shape index (κ2) is 3.14. The van der Waals surface area contributed by atoms with Crippen LogP contribution in [-0.2, 0) is 0 Å². The fourth-order valence-electron chi connectivity index (χ4n) is 2.36. The van der Waals surface area contributed by atoms with Crippen molar-refractivity contribution < 1.29 is 0 Å². The first-order valence-electron chi connectivity index (χ1n) is 5.24. The summed E-state index contributed by atoms with van der Waals surface area (Å²) in [5.74, 6) is 0. The Labute approximate surface area is 83.3 Å². The number of fused-ring (bicyclic) bond motifs is 1. The summed E-state index contributed by atoms with van der Waals surface area (Å²) in [5, 5.41) is 4.91. The quantitative estimate of drug-likeness (QED) is 0.704. The van der Waals surface area contributed by atoms with Gasteiger partial charge in [0.15, 0.2) is 0 Å². The van der Waals surface area contributed by atoms with Gasteiger partial charge in [-0.2, -0.15) is 0 Å². The van der Waals surface area contributed by atoms with E-state index in [0.717, 1.165) is 6.54 Å². The van der Waals surface area contributed by atoms with Crippen molar-refractivity contribution in [2.45, 2.75) is 18.9 Å². The monoisotopic (exact) mass is 186 g/mol. The van der Waals surface area contributed by atoms with Crippen LogP contribution in [0.15, 0.2) is 30.5 Å². The number of aromatic amines is 1. The second-order valence-corrected chi connectivity index (χ2v) is 3.94. The summed E-state index contributed by atoms with van der Waals surface area (Å²) in [5.41, 5.74) is 2.69. The smallest absolute Gasteiger partial charge is 0.0457 e. The first kappa shape index (κ1) is 8.06. The summed E-state index contributed by atoms with van der Waals surface area (Å²) < 4.78 is 0. The van der Waals surface area contributed by atoms with Crippen LogP contribution in [0.3, 0.4) is 0 Å². The van der Waals surface area contributed by atoms with E-state index in [1.54, 1.807) is 0 Å². The van der Waals surface area contributed by atoms with Crippen molar-refractivity contribution >= 4 is 10.9 Å². The van der Waals surface area contributed by atoms with Crippen LogP contribution in [0.4, 0.5) is 0 Å². The largest absolute Gasteiger partial charge is 0.361 e. The molecule has 2 heterocycles. The number of aromatic nitrogens is 1. The molecule has 1 aliphatic heterocycles. The van der Waals surface area contributed by atoms with E-state index >= 15 is 0 Å². The zero-order valence-electron chi connectivity index (χ0n) is 8.09. The van der Waals surface area contributed by atoms with Crippen molar-refractivity contribution in [2.24, 2.45) is 0 Å². The predicted molar refractivity (Wildman–Crippen MR) is 58.3 cm³/mol. The lowest BCUT2D eigenvalue weighted by Gasteiger charge is -2.11. The molecule has 0 bridgehead atoms. The Kier molecular flexibility index (Phi) is 1.81. The molecule has 14 heavy (non-hydrogen) atoms. The molecular formula is C12H14N2. The van der Waals surface area contributed by atoms with Crippen molar-refractivity contribution in [3.05, 3.63) is 36.0 Å². The molecule has 1 aromatic carbocycles. The van der Waals surface area contributed by atoms with E-state index in [2.05, 4.69) is 34.6 Å². The second-order valence-electron chi connectivity index (χ2n) is 3.94. The van der Waals surface area contributed by atoms with E-state index in [1.165, 1.54) is 29.3 Å². The van der Waals surface area contributed by atoms with Gasteiger partial charge < -0.3 is 10.3 Å². The van der Waals surface area contributed by atoms with Gasteiger partial charge in [0.1, 0.15) is 0 Å². The van der Waals surface area contributed by atoms with Crippen molar-refractivity contribution in [3.8, 4) is 0 Å². The van der Waals surface area contributed by atoms with Crippen LogP contribution in [0.1, 0.15) is 24.4 Å². The summed E-state index contributed by atoms with van der Waals surface area (Å²) in [4.78, 5) is 3.26. The van der Waals surface area contributed by atoms with Gasteiger partial charge in [-0.15, -0.1) is 0 Å². The lowest BCUT2D eigenvalue weighted by atomic mass is 10.0. The molecule has 1 atom stereocenters. The van der Waals surface area contributed by atoms with Crippen LogP contribution < -0.4 is 5.32 Å². The summed E-state index contributed by atoms with van der Waals surface area (Å²) in [7, 11) is 0. The Balaban J connectivity index is 2.14. The molecule has 2 aromatic rings. The Morgan fingerprint density at radius 2 is 2.21 bits per heavy atom. The van der Waals surface area contributed by atoms with Gasteiger partial charge in [-0.3, -0.25) is 0 Å². The predicted octanol–water partition coefficient (Wildman–Crippen LogP) is 2.59. The molecular weight excluding hydrogens is 172 g/mol. The number of H-pyrrole nitrogens is 1. The highest BCUT2D eigenvalue weighted by atomic mass is 14.9. The number of hydrogen-bond donors (Lipinski definition) is 2. The minimum Gasteiger partial charge on any atom is -0.361 e. The highest BCUT2D eigenvalue weighted by Crippen LogP contribution is 2.28. The number of nitrogens with one attached hydrogen (secondary N) is 2. The van der Waals surface area contributed by atoms with Crippen LogP contribution in [0.2, 0.25) is 0 Å². The molecule has 3 rings (SSSR count). The maximum Gasteiger partial charge on any atom is 0.0457 e. The molecule has 1 aromatic heterocycles.